The van der Waals surface area contributed by atoms with Crippen molar-refractivity contribution >= 4 is 32.6 Å². The largest absolute Gasteiger partial charge is 0.496 e. The van der Waals surface area contributed by atoms with Crippen LogP contribution in [0.3, 0.4) is 0 Å². The zero-order valence-electron chi connectivity index (χ0n) is 14.3. The van der Waals surface area contributed by atoms with Crippen molar-refractivity contribution in [3.05, 3.63) is 70.5 Å². The van der Waals surface area contributed by atoms with Crippen LogP contribution in [0.4, 0.5) is 0 Å². The fourth-order valence-electron chi connectivity index (χ4n) is 2.86. The number of para-hydroxylation sites is 1. The Bertz CT molecular complexity index is 930. The van der Waals surface area contributed by atoms with E-state index in [1.165, 1.54) is 0 Å². The van der Waals surface area contributed by atoms with Crippen molar-refractivity contribution in [1.82, 2.24) is 10.3 Å². The fourth-order valence-corrected chi connectivity index (χ4v) is 3.24. The van der Waals surface area contributed by atoms with Crippen LogP contribution in [-0.4, -0.2) is 29.7 Å². The molecule has 1 unspecified atom stereocenters. The van der Waals surface area contributed by atoms with E-state index in [0.717, 1.165) is 20.8 Å². The maximum absolute atomic E-state index is 12.7. The summed E-state index contributed by atoms with van der Waals surface area (Å²) in [5.74, 6) is 0.373. The molecule has 0 saturated heterocycles. The minimum absolute atomic E-state index is 0.0545. The molecule has 1 amide bonds. The number of halogens is 1. The molecule has 26 heavy (non-hydrogen) atoms. The number of pyridine rings is 1. The molecule has 0 aliphatic carbocycles. The fraction of sp³-hybridized carbons (Fsp3) is 0.200. The van der Waals surface area contributed by atoms with Crippen molar-refractivity contribution in [2.24, 2.45) is 0 Å². The summed E-state index contributed by atoms with van der Waals surface area (Å²) in [5.41, 5.74) is 1.15. The van der Waals surface area contributed by atoms with E-state index in [2.05, 4.69) is 26.2 Å². The smallest absolute Gasteiger partial charge is 0.270 e. The Morgan fingerprint density at radius 3 is 2.81 bits per heavy atom. The molecule has 2 N–H and O–H groups in total. The van der Waals surface area contributed by atoms with E-state index in [1.807, 2.05) is 42.5 Å². The summed E-state index contributed by atoms with van der Waals surface area (Å²) in [6, 6.07) is 14.7. The van der Waals surface area contributed by atoms with Crippen LogP contribution < -0.4 is 10.1 Å². The number of ether oxygens (including phenoxy) is 1. The van der Waals surface area contributed by atoms with Gasteiger partial charge in [0.15, 0.2) is 0 Å². The van der Waals surface area contributed by atoms with Gasteiger partial charge < -0.3 is 15.2 Å². The zero-order chi connectivity index (χ0) is 18.5. The van der Waals surface area contributed by atoms with Gasteiger partial charge in [-0.25, -0.2) is 0 Å². The number of rotatable bonds is 6. The highest BCUT2D eigenvalue weighted by Crippen LogP contribution is 2.27. The molecule has 3 rings (SSSR count). The molecular weight excluding hydrogens is 396 g/mol. The lowest BCUT2D eigenvalue weighted by atomic mass is 10.0. The number of fused-ring (bicyclic) bond motifs is 1. The lowest BCUT2D eigenvalue weighted by Gasteiger charge is -2.20. The zero-order valence-corrected chi connectivity index (χ0v) is 15.9. The number of aliphatic hydroxyl groups is 1. The summed E-state index contributed by atoms with van der Waals surface area (Å²) < 4.78 is 6.32. The number of nitrogens with zero attached hydrogens (tertiary/aromatic N) is 1. The highest BCUT2D eigenvalue weighted by atomic mass is 79.9. The maximum atomic E-state index is 12.7. The van der Waals surface area contributed by atoms with Crippen molar-refractivity contribution in [3.63, 3.8) is 0 Å². The number of amides is 1. The van der Waals surface area contributed by atoms with Gasteiger partial charge in [0.2, 0.25) is 0 Å². The van der Waals surface area contributed by atoms with Crippen molar-refractivity contribution in [2.45, 2.75) is 12.5 Å². The van der Waals surface area contributed by atoms with E-state index in [0.29, 0.717) is 17.9 Å². The van der Waals surface area contributed by atoms with Crippen LogP contribution in [0.15, 0.2) is 59.2 Å². The second-order valence-corrected chi connectivity index (χ2v) is 6.76. The average Bonchev–Trinajstić information content (AvgIpc) is 2.66. The first kappa shape index (κ1) is 18.4. The number of aromatic nitrogens is 1. The molecule has 1 aromatic heterocycles. The van der Waals surface area contributed by atoms with Gasteiger partial charge in [-0.3, -0.25) is 9.78 Å². The molecule has 1 heterocycles. The second kappa shape index (κ2) is 8.29. The van der Waals surface area contributed by atoms with Crippen LogP contribution in [0.5, 0.6) is 5.75 Å². The van der Waals surface area contributed by atoms with E-state index in [1.54, 1.807) is 19.4 Å². The van der Waals surface area contributed by atoms with Gasteiger partial charge in [0.25, 0.3) is 5.91 Å². The normalized spacial score (nSPS) is 12.0. The molecule has 3 aromatic rings. The number of carbonyl (C=O) groups excluding carboxylic acids is 1. The second-order valence-electron chi connectivity index (χ2n) is 5.84. The molecule has 0 fully saturated rings. The first-order valence-corrected chi connectivity index (χ1v) is 9.01. The van der Waals surface area contributed by atoms with Gasteiger partial charge >= 0.3 is 0 Å². The predicted molar refractivity (Wildman–Crippen MR) is 104 cm³/mol. The van der Waals surface area contributed by atoms with E-state index in [-0.39, 0.29) is 18.6 Å². The molecule has 2 aromatic carbocycles. The highest BCUT2D eigenvalue weighted by Gasteiger charge is 2.19. The molecule has 0 radical (unpaired) electrons. The SMILES string of the molecule is COc1ccccc1C(CCO)NC(=O)c1cc2cc(Br)ccc2cn1. The van der Waals surface area contributed by atoms with Crippen molar-refractivity contribution in [2.75, 3.05) is 13.7 Å². The summed E-state index contributed by atoms with van der Waals surface area (Å²) in [7, 11) is 1.58. The van der Waals surface area contributed by atoms with Crippen LogP contribution in [0.1, 0.15) is 28.5 Å². The van der Waals surface area contributed by atoms with Crippen LogP contribution in [-0.2, 0) is 0 Å². The Kier molecular flexibility index (Phi) is 5.85. The highest BCUT2D eigenvalue weighted by molar-refractivity contribution is 9.10. The predicted octanol–water partition coefficient (Wildman–Crippen LogP) is 3.86. The summed E-state index contributed by atoms with van der Waals surface area (Å²) in [6.07, 6.45) is 2.06. The number of methoxy groups -OCH3 is 1. The number of hydrogen-bond acceptors (Lipinski definition) is 4. The summed E-state index contributed by atoms with van der Waals surface area (Å²) in [6.45, 7) is -0.0545. The molecule has 134 valence electrons. The first-order chi connectivity index (χ1) is 12.6. The molecule has 0 aliphatic rings. The number of benzene rings is 2. The van der Waals surface area contributed by atoms with Gasteiger partial charge in [0.05, 0.1) is 13.2 Å². The average molecular weight is 415 g/mol. The topological polar surface area (TPSA) is 71.5 Å². The van der Waals surface area contributed by atoms with E-state index < -0.39 is 0 Å². The van der Waals surface area contributed by atoms with Crippen LogP contribution >= 0.6 is 15.9 Å². The minimum atomic E-state index is -0.372. The van der Waals surface area contributed by atoms with Crippen LogP contribution in [0.25, 0.3) is 10.8 Å². The van der Waals surface area contributed by atoms with E-state index >= 15 is 0 Å². The third kappa shape index (κ3) is 4.03. The standard InChI is InChI=1S/C20H19BrN2O3/c1-26-19-5-3-2-4-16(19)17(8-9-24)23-20(25)18-11-14-10-15(21)7-6-13(14)12-22-18/h2-7,10-12,17,24H,8-9H2,1H3,(H,23,25). The van der Waals surface area contributed by atoms with Gasteiger partial charge in [0, 0.05) is 28.2 Å². The summed E-state index contributed by atoms with van der Waals surface area (Å²) in [5, 5.41) is 14.2. The molecular formula is C20H19BrN2O3. The number of hydrogen-bond donors (Lipinski definition) is 2. The van der Waals surface area contributed by atoms with Crippen molar-refractivity contribution in [1.29, 1.82) is 0 Å². The van der Waals surface area contributed by atoms with Gasteiger partial charge in [0.1, 0.15) is 11.4 Å². The molecule has 0 bridgehead atoms. The van der Waals surface area contributed by atoms with Gasteiger partial charge in [-0.15, -0.1) is 0 Å². The first-order valence-electron chi connectivity index (χ1n) is 8.22. The molecule has 1 atom stereocenters. The molecule has 5 nitrogen and oxygen atoms in total. The summed E-state index contributed by atoms with van der Waals surface area (Å²) in [4.78, 5) is 17.0. The number of nitrogens with one attached hydrogen (secondary N) is 1. The van der Waals surface area contributed by atoms with E-state index in [4.69, 9.17) is 4.74 Å². The Hall–Kier alpha value is -2.44. The van der Waals surface area contributed by atoms with Gasteiger partial charge in [-0.1, -0.05) is 40.2 Å². The van der Waals surface area contributed by atoms with Crippen LogP contribution in [0, 0.1) is 0 Å². The molecule has 6 heteroatoms. The van der Waals surface area contributed by atoms with Crippen molar-refractivity contribution < 1.29 is 14.6 Å². The number of aliphatic hydroxyl groups excluding tert-OH is 1. The van der Waals surface area contributed by atoms with Gasteiger partial charge in [-0.05, 0) is 36.1 Å². The monoisotopic (exact) mass is 414 g/mol. The Morgan fingerprint density at radius 1 is 1.23 bits per heavy atom. The van der Waals surface area contributed by atoms with Crippen LogP contribution in [0.2, 0.25) is 0 Å². The summed E-state index contributed by atoms with van der Waals surface area (Å²) >= 11 is 3.44. The Balaban J connectivity index is 1.88. The molecule has 0 aliphatic heterocycles. The Morgan fingerprint density at radius 2 is 2.04 bits per heavy atom. The quantitative estimate of drug-likeness (QED) is 0.642. The number of carbonyl (C=O) groups is 1. The third-order valence-electron chi connectivity index (χ3n) is 4.15. The molecule has 0 saturated carbocycles. The minimum Gasteiger partial charge on any atom is -0.496 e. The van der Waals surface area contributed by atoms with Crippen molar-refractivity contribution in [3.8, 4) is 5.75 Å². The molecule has 0 spiro atoms. The third-order valence-corrected chi connectivity index (χ3v) is 4.65. The maximum Gasteiger partial charge on any atom is 0.270 e. The lowest BCUT2D eigenvalue weighted by Crippen LogP contribution is -2.30. The lowest BCUT2D eigenvalue weighted by molar-refractivity contribution is 0.0924. The Labute approximate surface area is 160 Å². The van der Waals surface area contributed by atoms with E-state index in [9.17, 15) is 9.90 Å². The van der Waals surface area contributed by atoms with Gasteiger partial charge in [-0.2, -0.15) is 0 Å².